The van der Waals surface area contributed by atoms with Crippen molar-refractivity contribution in [2.45, 2.75) is 6.92 Å². The molecule has 0 spiro atoms. The van der Waals surface area contributed by atoms with Gasteiger partial charge < -0.3 is 11.1 Å². The number of rotatable bonds is 2. The zero-order chi connectivity index (χ0) is 14.0. The number of anilines is 2. The first-order valence-corrected chi connectivity index (χ1v) is 7.05. The molecule has 5 heteroatoms. The van der Waals surface area contributed by atoms with Crippen molar-refractivity contribution in [2.75, 3.05) is 11.1 Å². The average Bonchev–Trinajstić information content (AvgIpc) is 2.32. The molecule has 0 fully saturated rings. The predicted molar refractivity (Wildman–Crippen MR) is 87.7 cm³/mol. The van der Waals surface area contributed by atoms with E-state index in [0.29, 0.717) is 22.0 Å². The van der Waals surface area contributed by atoms with E-state index in [1.165, 1.54) is 0 Å². The van der Waals surface area contributed by atoms with E-state index in [4.69, 9.17) is 17.3 Å². The molecule has 0 radical (unpaired) electrons. The second-order valence-corrected chi connectivity index (χ2v) is 5.81. The van der Waals surface area contributed by atoms with Crippen LogP contribution in [0, 0.1) is 10.5 Å². The molecule has 0 atom stereocenters. The molecule has 0 aliphatic heterocycles. The molecule has 98 valence electrons. The van der Waals surface area contributed by atoms with E-state index in [9.17, 15) is 4.79 Å². The van der Waals surface area contributed by atoms with Crippen LogP contribution < -0.4 is 11.1 Å². The van der Waals surface area contributed by atoms with E-state index < -0.39 is 0 Å². The summed E-state index contributed by atoms with van der Waals surface area (Å²) >= 11 is 8.25. The summed E-state index contributed by atoms with van der Waals surface area (Å²) in [5.74, 6) is -0.194. The van der Waals surface area contributed by atoms with Gasteiger partial charge in [0.2, 0.25) is 0 Å². The number of amides is 1. The average molecular weight is 387 g/mol. The van der Waals surface area contributed by atoms with Crippen LogP contribution in [0.1, 0.15) is 15.9 Å². The highest BCUT2D eigenvalue weighted by Gasteiger charge is 2.11. The maximum Gasteiger partial charge on any atom is 0.255 e. The smallest absolute Gasteiger partial charge is 0.255 e. The fourth-order valence-electron chi connectivity index (χ4n) is 1.72. The Morgan fingerprint density at radius 3 is 2.63 bits per heavy atom. The molecule has 0 saturated heterocycles. The zero-order valence-corrected chi connectivity index (χ0v) is 13.1. The molecule has 1 amide bonds. The van der Waals surface area contributed by atoms with E-state index in [-0.39, 0.29) is 5.91 Å². The van der Waals surface area contributed by atoms with E-state index in [1.807, 2.05) is 13.0 Å². The highest BCUT2D eigenvalue weighted by molar-refractivity contribution is 14.1. The maximum absolute atomic E-state index is 12.2. The van der Waals surface area contributed by atoms with Gasteiger partial charge >= 0.3 is 0 Å². The Kier molecular flexibility index (Phi) is 4.31. The summed E-state index contributed by atoms with van der Waals surface area (Å²) in [7, 11) is 0. The molecule has 0 aliphatic carbocycles. The van der Waals surface area contributed by atoms with Gasteiger partial charge in [-0.05, 0) is 71.5 Å². The van der Waals surface area contributed by atoms with Crippen molar-refractivity contribution in [2.24, 2.45) is 0 Å². The predicted octanol–water partition coefficient (Wildman–Crippen LogP) is 4.09. The summed E-state index contributed by atoms with van der Waals surface area (Å²) in [4.78, 5) is 12.2. The molecule has 0 aliphatic rings. The minimum absolute atomic E-state index is 0.194. The van der Waals surface area contributed by atoms with Gasteiger partial charge in [0, 0.05) is 14.8 Å². The van der Waals surface area contributed by atoms with Crippen molar-refractivity contribution in [3.05, 3.63) is 56.1 Å². The second kappa shape index (κ2) is 5.79. The fraction of sp³-hybridized carbons (Fsp3) is 0.0714. The van der Waals surface area contributed by atoms with E-state index in [0.717, 1.165) is 9.13 Å². The summed E-state index contributed by atoms with van der Waals surface area (Å²) in [6.45, 7) is 1.85. The monoisotopic (exact) mass is 386 g/mol. The van der Waals surface area contributed by atoms with Crippen molar-refractivity contribution >= 4 is 51.5 Å². The van der Waals surface area contributed by atoms with Crippen molar-refractivity contribution in [3.8, 4) is 0 Å². The molecule has 2 rings (SSSR count). The standard InChI is InChI=1S/C14H12ClIN2O/c1-8-6-10(17)3-4-11(8)14(19)18-13-5-2-9(16)7-12(13)15/h2-7H,17H2,1H3,(H,18,19). The Hall–Kier alpha value is -1.27. The molecule has 19 heavy (non-hydrogen) atoms. The number of hydrogen-bond donors (Lipinski definition) is 2. The van der Waals surface area contributed by atoms with Gasteiger partial charge in [-0.2, -0.15) is 0 Å². The van der Waals surface area contributed by atoms with Crippen LogP contribution in [-0.2, 0) is 0 Å². The van der Waals surface area contributed by atoms with E-state index >= 15 is 0 Å². The lowest BCUT2D eigenvalue weighted by molar-refractivity contribution is 0.102. The minimum atomic E-state index is -0.194. The summed E-state index contributed by atoms with van der Waals surface area (Å²) in [5.41, 5.74) is 8.33. The Balaban J connectivity index is 2.25. The first-order valence-electron chi connectivity index (χ1n) is 5.60. The Morgan fingerprint density at radius 2 is 2.00 bits per heavy atom. The highest BCUT2D eigenvalue weighted by atomic mass is 127. The van der Waals surface area contributed by atoms with Crippen LogP contribution in [0.25, 0.3) is 0 Å². The number of carbonyl (C=O) groups excluding carboxylic acids is 1. The van der Waals surface area contributed by atoms with Gasteiger partial charge in [0.25, 0.3) is 5.91 Å². The zero-order valence-electron chi connectivity index (χ0n) is 10.2. The second-order valence-electron chi connectivity index (χ2n) is 4.15. The van der Waals surface area contributed by atoms with Crippen LogP contribution in [-0.4, -0.2) is 5.91 Å². The van der Waals surface area contributed by atoms with Gasteiger partial charge in [-0.3, -0.25) is 4.79 Å². The lowest BCUT2D eigenvalue weighted by Crippen LogP contribution is -2.13. The number of benzene rings is 2. The third-order valence-electron chi connectivity index (χ3n) is 2.67. The van der Waals surface area contributed by atoms with Gasteiger partial charge in [0.1, 0.15) is 0 Å². The molecule has 0 unspecified atom stereocenters. The summed E-state index contributed by atoms with van der Waals surface area (Å²) < 4.78 is 1.02. The SMILES string of the molecule is Cc1cc(N)ccc1C(=O)Nc1ccc(I)cc1Cl. The number of carbonyl (C=O) groups is 1. The third-order valence-corrected chi connectivity index (χ3v) is 3.66. The van der Waals surface area contributed by atoms with Crippen molar-refractivity contribution in [1.82, 2.24) is 0 Å². The van der Waals surface area contributed by atoms with Gasteiger partial charge in [-0.25, -0.2) is 0 Å². The molecule has 2 aromatic rings. The van der Waals surface area contributed by atoms with Gasteiger partial charge in [0.15, 0.2) is 0 Å². The number of nitrogen functional groups attached to an aromatic ring is 1. The molecular formula is C14H12ClIN2O. The number of nitrogens with two attached hydrogens (primary N) is 1. The molecule has 3 N–H and O–H groups in total. The van der Waals surface area contributed by atoms with Crippen LogP contribution in [0.2, 0.25) is 5.02 Å². The van der Waals surface area contributed by atoms with Crippen molar-refractivity contribution < 1.29 is 4.79 Å². The molecular weight excluding hydrogens is 375 g/mol. The van der Waals surface area contributed by atoms with E-state index in [2.05, 4.69) is 27.9 Å². The molecule has 3 nitrogen and oxygen atoms in total. The van der Waals surface area contributed by atoms with E-state index in [1.54, 1.807) is 30.3 Å². The normalized spacial score (nSPS) is 10.3. The lowest BCUT2D eigenvalue weighted by atomic mass is 10.1. The molecule has 0 bridgehead atoms. The first kappa shape index (κ1) is 14.1. The fourth-order valence-corrected chi connectivity index (χ4v) is 2.63. The lowest BCUT2D eigenvalue weighted by Gasteiger charge is -2.10. The third kappa shape index (κ3) is 3.39. The summed E-state index contributed by atoms with van der Waals surface area (Å²) in [6.07, 6.45) is 0. The van der Waals surface area contributed by atoms with Crippen LogP contribution in [0.5, 0.6) is 0 Å². The van der Waals surface area contributed by atoms with Crippen LogP contribution in [0.3, 0.4) is 0 Å². The number of halogens is 2. The first-order chi connectivity index (χ1) is 8.97. The van der Waals surface area contributed by atoms with Crippen LogP contribution >= 0.6 is 34.2 Å². The van der Waals surface area contributed by atoms with Gasteiger partial charge in [0.05, 0.1) is 10.7 Å². The van der Waals surface area contributed by atoms with Gasteiger partial charge in [-0.1, -0.05) is 11.6 Å². The Labute approximate surface area is 130 Å². The number of nitrogens with one attached hydrogen (secondary N) is 1. The molecule has 2 aromatic carbocycles. The highest BCUT2D eigenvalue weighted by Crippen LogP contribution is 2.25. The maximum atomic E-state index is 12.2. The summed E-state index contributed by atoms with van der Waals surface area (Å²) in [6, 6.07) is 10.7. The Bertz CT molecular complexity index is 643. The van der Waals surface area contributed by atoms with Crippen LogP contribution in [0.15, 0.2) is 36.4 Å². The molecule has 0 heterocycles. The topological polar surface area (TPSA) is 55.1 Å². The van der Waals surface area contributed by atoms with Gasteiger partial charge in [-0.15, -0.1) is 0 Å². The minimum Gasteiger partial charge on any atom is -0.399 e. The Morgan fingerprint density at radius 1 is 1.26 bits per heavy atom. The number of aryl methyl sites for hydroxylation is 1. The molecule has 0 aromatic heterocycles. The molecule has 0 saturated carbocycles. The largest absolute Gasteiger partial charge is 0.399 e. The quantitative estimate of drug-likeness (QED) is 0.603. The summed E-state index contributed by atoms with van der Waals surface area (Å²) in [5, 5.41) is 3.32. The van der Waals surface area contributed by atoms with Crippen LogP contribution in [0.4, 0.5) is 11.4 Å². The number of hydrogen-bond acceptors (Lipinski definition) is 2. The van der Waals surface area contributed by atoms with Crippen molar-refractivity contribution in [1.29, 1.82) is 0 Å². The van der Waals surface area contributed by atoms with Crippen molar-refractivity contribution in [3.63, 3.8) is 0 Å².